The van der Waals surface area contributed by atoms with Gasteiger partial charge in [-0.2, -0.15) is 0 Å². The molecule has 7 heteroatoms. The van der Waals surface area contributed by atoms with E-state index >= 15 is 0 Å². The lowest BCUT2D eigenvalue weighted by Gasteiger charge is -2.33. The quantitative estimate of drug-likeness (QED) is 0.816. The molecule has 3 aliphatic heterocycles. The summed E-state index contributed by atoms with van der Waals surface area (Å²) in [5.41, 5.74) is 1.72. The molecule has 0 saturated carbocycles. The summed E-state index contributed by atoms with van der Waals surface area (Å²) in [5, 5.41) is 10.1. The number of carboxylic acid groups (broad SMARTS) is 1. The van der Waals surface area contributed by atoms with Crippen LogP contribution in [-0.2, 0) is 16.1 Å². The minimum Gasteiger partial charge on any atom is -0.481 e. The average molecular weight is 375 g/mol. The highest BCUT2D eigenvalue weighted by Gasteiger charge is 2.58. The van der Waals surface area contributed by atoms with Gasteiger partial charge in [0.1, 0.15) is 0 Å². The van der Waals surface area contributed by atoms with Gasteiger partial charge in [-0.15, -0.1) is 0 Å². The number of likely N-dealkylation sites (tertiary alicyclic amines) is 2. The fraction of sp³-hybridized carbons (Fsp3) is 0.700. The van der Waals surface area contributed by atoms with Crippen LogP contribution >= 0.6 is 0 Å². The van der Waals surface area contributed by atoms with Gasteiger partial charge in [-0.3, -0.25) is 19.4 Å². The van der Waals surface area contributed by atoms with Crippen LogP contribution in [0.4, 0.5) is 0 Å². The molecule has 0 bridgehead atoms. The van der Waals surface area contributed by atoms with Crippen LogP contribution in [0.25, 0.3) is 0 Å². The van der Waals surface area contributed by atoms with Gasteiger partial charge in [0.15, 0.2) is 5.43 Å². The van der Waals surface area contributed by atoms with Crippen LogP contribution in [0, 0.1) is 25.2 Å². The molecule has 0 spiro atoms. The monoisotopic (exact) mass is 375 g/mol. The summed E-state index contributed by atoms with van der Waals surface area (Å²) in [6.45, 7) is 8.58. The first kappa shape index (κ1) is 18.7. The number of carboxylic acids is 1. The summed E-state index contributed by atoms with van der Waals surface area (Å²) >= 11 is 0. The standard InChI is InChI=1S/C20H29N3O4/c1-13-7-21-17(14(2)18(13)24)10-22-8-15-9-23(16-3-5-27-6-4-16)12-20(15,11-22)19(25)26/h7,15-16H,3-6,8-12H2,1-2H3,(H,21,24)(H,25,26)/t15-,20-/m0/s1. The first-order valence-electron chi connectivity index (χ1n) is 9.86. The van der Waals surface area contributed by atoms with E-state index in [4.69, 9.17) is 4.74 Å². The van der Waals surface area contributed by atoms with Crippen molar-refractivity contribution >= 4 is 5.97 Å². The third kappa shape index (κ3) is 3.22. The van der Waals surface area contributed by atoms with E-state index in [1.807, 2.05) is 6.92 Å². The lowest BCUT2D eigenvalue weighted by molar-refractivity contribution is -0.149. The van der Waals surface area contributed by atoms with Crippen molar-refractivity contribution in [2.24, 2.45) is 11.3 Å². The maximum Gasteiger partial charge on any atom is 0.312 e. The second-order valence-corrected chi connectivity index (χ2v) is 8.51. The SMILES string of the molecule is Cc1c[nH]c(CN2C[C@H]3CN(C4CCOCC4)C[C@@]3(C(=O)O)C2)c(C)c1=O. The number of aromatic nitrogens is 1. The zero-order chi connectivity index (χ0) is 19.2. The number of rotatable bonds is 4. The van der Waals surface area contributed by atoms with Crippen LogP contribution in [-0.4, -0.2) is 71.3 Å². The van der Waals surface area contributed by atoms with Crippen molar-refractivity contribution in [3.05, 3.63) is 33.2 Å². The normalized spacial score (nSPS) is 29.9. The number of aryl methyl sites for hydroxylation is 1. The number of hydrogen-bond donors (Lipinski definition) is 2. The lowest BCUT2D eigenvalue weighted by atomic mass is 9.81. The van der Waals surface area contributed by atoms with Crippen LogP contribution in [0.5, 0.6) is 0 Å². The average Bonchev–Trinajstić information content (AvgIpc) is 3.18. The number of nitrogens with one attached hydrogen (secondary N) is 1. The second kappa shape index (κ2) is 7.04. The molecule has 0 unspecified atom stereocenters. The van der Waals surface area contributed by atoms with E-state index in [0.29, 0.717) is 31.2 Å². The zero-order valence-corrected chi connectivity index (χ0v) is 16.2. The van der Waals surface area contributed by atoms with Gasteiger partial charge in [0.05, 0.1) is 5.41 Å². The third-order valence-corrected chi connectivity index (χ3v) is 6.84. The van der Waals surface area contributed by atoms with Gasteiger partial charge >= 0.3 is 5.97 Å². The molecule has 1 aromatic heterocycles. The predicted molar refractivity (Wildman–Crippen MR) is 101 cm³/mol. The predicted octanol–water partition coefficient (Wildman–Crippen LogP) is 0.989. The number of aromatic amines is 1. The molecule has 0 aliphatic carbocycles. The number of pyridine rings is 1. The highest BCUT2D eigenvalue weighted by Crippen LogP contribution is 2.44. The van der Waals surface area contributed by atoms with Crippen molar-refractivity contribution in [2.75, 3.05) is 39.4 Å². The Hall–Kier alpha value is -1.70. The number of nitrogens with zero attached hydrogens (tertiary/aromatic N) is 2. The van der Waals surface area contributed by atoms with Gasteiger partial charge in [-0.25, -0.2) is 0 Å². The van der Waals surface area contributed by atoms with Gasteiger partial charge < -0.3 is 14.8 Å². The van der Waals surface area contributed by atoms with Gasteiger partial charge in [0.25, 0.3) is 0 Å². The van der Waals surface area contributed by atoms with Crippen molar-refractivity contribution in [2.45, 2.75) is 39.3 Å². The number of aliphatic carboxylic acids is 1. The largest absolute Gasteiger partial charge is 0.481 e. The van der Waals surface area contributed by atoms with E-state index in [-0.39, 0.29) is 11.3 Å². The van der Waals surface area contributed by atoms with E-state index in [2.05, 4.69) is 14.8 Å². The summed E-state index contributed by atoms with van der Waals surface area (Å²) in [6, 6.07) is 0.449. The Morgan fingerprint density at radius 1 is 1.30 bits per heavy atom. The van der Waals surface area contributed by atoms with Crippen LogP contribution in [0.3, 0.4) is 0 Å². The zero-order valence-electron chi connectivity index (χ0n) is 16.2. The molecular formula is C20H29N3O4. The first-order chi connectivity index (χ1) is 12.9. The van der Waals surface area contributed by atoms with Gasteiger partial charge in [0, 0.05) is 80.9 Å². The topological polar surface area (TPSA) is 85.9 Å². The van der Waals surface area contributed by atoms with Crippen molar-refractivity contribution in [1.82, 2.24) is 14.8 Å². The van der Waals surface area contributed by atoms with Crippen molar-refractivity contribution in [1.29, 1.82) is 0 Å². The molecule has 3 saturated heterocycles. The van der Waals surface area contributed by atoms with Crippen LogP contribution in [0.2, 0.25) is 0 Å². The Morgan fingerprint density at radius 3 is 2.70 bits per heavy atom. The number of hydrogen-bond acceptors (Lipinski definition) is 5. The van der Waals surface area contributed by atoms with Crippen molar-refractivity contribution < 1.29 is 14.6 Å². The molecule has 3 fully saturated rings. The summed E-state index contributed by atoms with van der Waals surface area (Å²) in [7, 11) is 0. The maximum atomic E-state index is 12.3. The lowest BCUT2D eigenvalue weighted by Crippen LogP contribution is -2.44. The van der Waals surface area contributed by atoms with Crippen LogP contribution in [0.1, 0.15) is 29.7 Å². The Bertz CT molecular complexity index is 786. The third-order valence-electron chi connectivity index (χ3n) is 6.84. The summed E-state index contributed by atoms with van der Waals surface area (Å²) in [5.74, 6) is -0.547. The van der Waals surface area contributed by atoms with E-state index < -0.39 is 11.4 Å². The second-order valence-electron chi connectivity index (χ2n) is 8.51. The molecule has 0 aromatic carbocycles. The fourth-order valence-corrected chi connectivity index (χ4v) is 5.15. The number of fused-ring (bicyclic) bond motifs is 1. The minimum absolute atomic E-state index is 0.0711. The molecule has 1 aromatic rings. The van der Waals surface area contributed by atoms with Gasteiger partial charge in [0.2, 0.25) is 0 Å². The Labute approximate surface area is 159 Å². The summed E-state index contributed by atoms with van der Waals surface area (Å²) < 4.78 is 5.46. The molecule has 4 heterocycles. The summed E-state index contributed by atoms with van der Waals surface area (Å²) in [6.07, 6.45) is 3.74. The highest BCUT2D eigenvalue weighted by atomic mass is 16.5. The van der Waals surface area contributed by atoms with Crippen LogP contribution < -0.4 is 5.43 Å². The van der Waals surface area contributed by atoms with Crippen molar-refractivity contribution in [3.8, 4) is 0 Å². The molecule has 0 radical (unpaired) electrons. The minimum atomic E-state index is -0.697. The first-order valence-corrected chi connectivity index (χ1v) is 9.86. The van der Waals surface area contributed by atoms with Crippen molar-refractivity contribution in [3.63, 3.8) is 0 Å². The van der Waals surface area contributed by atoms with E-state index in [1.54, 1.807) is 13.1 Å². The highest BCUT2D eigenvalue weighted by molar-refractivity contribution is 5.77. The van der Waals surface area contributed by atoms with Gasteiger partial charge in [-0.1, -0.05) is 0 Å². The molecule has 148 valence electrons. The molecule has 0 amide bonds. The Balaban J connectivity index is 1.49. The fourth-order valence-electron chi connectivity index (χ4n) is 5.15. The molecule has 4 rings (SSSR count). The molecular weight excluding hydrogens is 346 g/mol. The number of ether oxygens (including phenoxy) is 1. The van der Waals surface area contributed by atoms with Crippen LogP contribution in [0.15, 0.2) is 11.0 Å². The van der Waals surface area contributed by atoms with Gasteiger partial charge in [-0.05, 0) is 26.7 Å². The number of carbonyl (C=O) groups is 1. The molecule has 2 atom stereocenters. The maximum absolute atomic E-state index is 12.3. The number of H-pyrrole nitrogens is 1. The summed E-state index contributed by atoms with van der Waals surface area (Å²) in [4.78, 5) is 32.3. The Kier molecular flexibility index (Phi) is 4.86. The van der Waals surface area contributed by atoms with E-state index in [0.717, 1.165) is 50.4 Å². The van der Waals surface area contributed by atoms with E-state index in [1.165, 1.54) is 0 Å². The smallest absolute Gasteiger partial charge is 0.312 e. The molecule has 2 N–H and O–H groups in total. The Morgan fingerprint density at radius 2 is 2.04 bits per heavy atom. The molecule has 7 nitrogen and oxygen atoms in total. The van der Waals surface area contributed by atoms with E-state index in [9.17, 15) is 14.7 Å². The molecule has 27 heavy (non-hydrogen) atoms. The molecule has 3 aliphatic rings.